The molecule has 0 amide bonds. The van der Waals surface area contributed by atoms with E-state index >= 15 is 0 Å². The van der Waals surface area contributed by atoms with E-state index < -0.39 is 0 Å². The number of hydrogen-bond donors (Lipinski definition) is 1. The number of benzene rings is 1. The molecule has 0 saturated carbocycles. The molecule has 0 radical (unpaired) electrons. The maximum Gasteiger partial charge on any atom is 0.0230 e. The summed E-state index contributed by atoms with van der Waals surface area (Å²) in [6.45, 7) is 9.04. The zero-order valence-corrected chi connectivity index (χ0v) is 12.5. The molecule has 0 aromatic heterocycles. The Morgan fingerprint density at radius 2 is 1.78 bits per heavy atom. The first-order valence-corrected chi connectivity index (χ1v) is 6.83. The molecule has 1 unspecified atom stereocenters. The van der Waals surface area contributed by atoms with Crippen LogP contribution in [0, 0.1) is 5.41 Å². The maximum atomic E-state index is 3.43. The minimum atomic E-state index is 0.322. The van der Waals surface area contributed by atoms with Crippen molar-refractivity contribution in [2.75, 3.05) is 20.6 Å². The molecule has 102 valence electrons. The van der Waals surface area contributed by atoms with Gasteiger partial charge in [-0.05, 0) is 38.0 Å². The molecule has 0 saturated heterocycles. The van der Waals surface area contributed by atoms with E-state index in [1.807, 2.05) is 0 Å². The Balaban J connectivity index is 2.39. The van der Waals surface area contributed by atoms with Crippen LogP contribution < -0.4 is 5.32 Å². The van der Waals surface area contributed by atoms with Gasteiger partial charge in [-0.1, -0.05) is 51.1 Å². The molecular formula is C16H28N2. The Morgan fingerprint density at radius 3 is 2.28 bits per heavy atom. The van der Waals surface area contributed by atoms with Crippen LogP contribution in [0.5, 0.6) is 0 Å². The monoisotopic (exact) mass is 248 g/mol. The molecule has 1 N–H and O–H groups in total. The summed E-state index contributed by atoms with van der Waals surface area (Å²) in [6, 6.07) is 11.2. The predicted octanol–water partition coefficient (Wildman–Crippen LogP) is 3.14. The van der Waals surface area contributed by atoms with Gasteiger partial charge in [0, 0.05) is 12.6 Å². The smallest absolute Gasteiger partial charge is 0.0230 e. The van der Waals surface area contributed by atoms with E-state index in [9.17, 15) is 0 Å². The van der Waals surface area contributed by atoms with Crippen molar-refractivity contribution in [3.63, 3.8) is 0 Å². The molecule has 0 fully saturated rings. The van der Waals surface area contributed by atoms with Crippen molar-refractivity contribution in [2.45, 2.75) is 39.8 Å². The van der Waals surface area contributed by atoms with Gasteiger partial charge in [0.2, 0.25) is 0 Å². The zero-order chi connectivity index (χ0) is 13.6. The highest BCUT2D eigenvalue weighted by molar-refractivity contribution is 5.14. The first-order chi connectivity index (χ1) is 8.43. The van der Waals surface area contributed by atoms with E-state index in [4.69, 9.17) is 0 Å². The molecule has 2 nitrogen and oxygen atoms in total. The fourth-order valence-electron chi connectivity index (χ4n) is 2.33. The normalized spacial score (nSPS) is 13.9. The number of nitrogens with one attached hydrogen (secondary N) is 1. The predicted molar refractivity (Wildman–Crippen MR) is 79.7 cm³/mol. The van der Waals surface area contributed by atoms with Gasteiger partial charge in [-0.2, -0.15) is 0 Å². The van der Waals surface area contributed by atoms with Crippen LogP contribution in [0.3, 0.4) is 0 Å². The molecule has 0 heterocycles. The van der Waals surface area contributed by atoms with Crippen molar-refractivity contribution < 1.29 is 0 Å². The lowest BCUT2D eigenvalue weighted by Crippen LogP contribution is -2.40. The lowest BCUT2D eigenvalue weighted by molar-refractivity contribution is 0.227. The van der Waals surface area contributed by atoms with Crippen molar-refractivity contribution in [3.05, 3.63) is 35.9 Å². The van der Waals surface area contributed by atoms with Gasteiger partial charge >= 0.3 is 0 Å². The van der Waals surface area contributed by atoms with Crippen molar-refractivity contribution in [2.24, 2.45) is 5.41 Å². The average Bonchev–Trinajstić information content (AvgIpc) is 2.29. The third-order valence-corrected chi connectivity index (χ3v) is 3.49. The fourth-order valence-corrected chi connectivity index (χ4v) is 2.33. The molecule has 0 aliphatic carbocycles. The van der Waals surface area contributed by atoms with Gasteiger partial charge < -0.3 is 10.2 Å². The minimum Gasteiger partial charge on any atom is -0.316 e. The molecule has 0 bridgehead atoms. The third kappa shape index (κ3) is 5.19. The largest absolute Gasteiger partial charge is 0.316 e. The summed E-state index contributed by atoms with van der Waals surface area (Å²) in [5, 5.41) is 3.43. The van der Waals surface area contributed by atoms with Gasteiger partial charge in [0.1, 0.15) is 0 Å². The number of rotatable bonds is 6. The lowest BCUT2D eigenvalue weighted by atomic mass is 9.85. The van der Waals surface area contributed by atoms with E-state index in [-0.39, 0.29) is 0 Å². The summed E-state index contributed by atoms with van der Waals surface area (Å²) < 4.78 is 0. The van der Waals surface area contributed by atoms with Gasteiger partial charge in [-0.25, -0.2) is 0 Å². The first kappa shape index (κ1) is 15.2. The molecule has 2 heteroatoms. The molecule has 1 aromatic carbocycles. The third-order valence-electron chi connectivity index (χ3n) is 3.49. The van der Waals surface area contributed by atoms with Crippen LogP contribution >= 0.6 is 0 Å². The van der Waals surface area contributed by atoms with Gasteiger partial charge in [0.05, 0.1) is 0 Å². The number of hydrogen-bond acceptors (Lipinski definition) is 2. The van der Waals surface area contributed by atoms with Crippen molar-refractivity contribution in [1.82, 2.24) is 10.2 Å². The van der Waals surface area contributed by atoms with Gasteiger partial charge in [0.25, 0.3) is 0 Å². The maximum absolute atomic E-state index is 3.43. The quantitative estimate of drug-likeness (QED) is 0.832. The molecule has 18 heavy (non-hydrogen) atoms. The summed E-state index contributed by atoms with van der Waals surface area (Å²) in [6.07, 6.45) is 1.18. The Kier molecular flexibility index (Phi) is 5.83. The van der Waals surface area contributed by atoms with Gasteiger partial charge in [-0.15, -0.1) is 0 Å². The Hall–Kier alpha value is -0.860. The molecule has 0 aliphatic heterocycles. The minimum absolute atomic E-state index is 0.322. The standard InChI is InChI=1S/C16H28N2/c1-16(2,3)15(17-4)11-12-18(5)13-14-9-7-6-8-10-14/h6-10,15,17H,11-13H2,1-5H3. The molecule has 1 rings (SSSR count). The van der Waals surface area contributed by atoms with Gasteiger partial charge in [0.15, 0.2) is 0 Å². The van der Waals surface area contributed by atoms with Gasteiger partial charge in [-0.3, -0.25) is 0 Å². The summed E-state index contributed by atoms with van der Waals surface area (Å²) in [7, 11) is 4.26. The van der Waals surface area contributed by atoms with E-state index in [0.29, 0.717) is 11.5 Å². The zero-order valence-electron chi connectivity index (χ0n) is 12.5. The molecule has 0 aliphatic rings. The first-order valence-electron chi connectivity index (χ1n) is 6.83. The van der Waals surface area contributed by atoms with Crippen molar-refractivity contribution in [3.8, 4) is 0 Å². The Morgan fingerprint density at radius 1 is 1.17 bits per heavy atom. The summed E-state index contributed by atoms with van der Waals surface area (Å²) in [5.74, 6) is 0. The van der Waals surface area contributed by atoms with Crippen LogP contribution in [0.4, 0.5) is 0 Å². The van der Waals surface area contributed by atoms with E-state index in [0.717, 1.165) is 13.1 Å². The highest BCUT2D eigenvalue weighted by Gasteiger charge is 2.22. The molecular weight excluding hydrogens is 220 g/mol. The summed E-state index contributed by atoms with van der Waals surface area (Å²) >= 11 is 0. The van der Waals surface area contributed by atoms with E-state index in [2.05, 4.69) is 75.4 Å². The topological polar surface area (TPSA) is 15.3 Å². The average molecular weight is 248 g/mol. The van der Waals surface area contributed by atoms with E-state index in [1.165, 1.54) is 12.0 Å². The molecule has 1 aromatic rings. The van der Waals surface area contributed by atoms with E-state index in [1.54, 1.807) is 0 Å². The van der Waals surface area contributed by atoms with Crippen LogP contribution in [-0.4, -0.2) is 31.6 Å². The second-order valence-electron chi connectivity index (χ2n) is 6.22. The van der Waals surface area contributed by atoms with Crippen LogP contribution in [0.25, 0.3) is 0 Å². The van der Waals surface area contributed by atoms with Crippen LogP contribution in [0.2, 0.25) is 0 Å². The van der Waals surface area contributed by atoms with Crippen LogP contribution in [0.1, 0.15) is 32.8 Å². The fraction of sp³-hybridized carbons (Fsp3) is 0.625. The Labute approximate surface area is 112 Å². The summed E-state index contributed by atoms with van der Waals surface area (Å²) in [4.78, 5) is 2.39. The molecule has 0 spiro atoms. The van der Waals surface area contributed by atoms with Crippen LogP contribution in [-0.2, 0) is 6.54 Å². The SMILES string of the molecule is CNC(CCN(C)Cc1ccccc1)C(C)(C)C. The Bertz CT molecular complexity index is 327. The summed E-state index contributed by atoms with van der Waals surface area (Å²) in [5.41, 5.74) is 1.71. The second-order valence-corrected chi connectivity index (χ2v) is 6.22. The van der Waals surface area contributed by atoms with Crippen LogP contribution in [0.15, 0.2) is 30.3 Å². The number of nitrogens with zero attached hydrogens (tertiary/aromatic N) is 1. The lowest BCUT2D eigenvalue weighted by Gasteiger charge is -2.32. The highest BCUT2D eigenvalue weighted by atomic mass is 15.1. The molecule has 1 atom stereocenters. The van der Waals surface area contributed by atoms with Crippen molar-refractivity contribution >= 4 is 0 Å². The highest BCUT2D eigenvalue weighted by Crippen LogP contribution is 2.21. The van der Waals surface area contributed by atoms with Crippen molar-refractivity contribution in [1.29, 1.82) is 0 Å². The second kappa shape index (κ2) is 6.91.